The first-order chi connectivity index (χ1) is 15.6. The van der Waals surface area contributed by atoms with Crippen molar-refractivity contribution in [3.63, 3.8) is 0 Å². The van der Waals surface area contributed by atoms with Crippen molar-refractivity contribution in [2.75, 3.05) is 12.0 Å². The van der Waals surface area contributed by atoms with Crippen LogP contribution in [0.4, 0.5) is 23.4 Å². The Hall–Kier alpha value is -3.17. The van der Waals surface area contributed by atoms with Crippen LogP contribution in [0, 0.1) is 12.3 Å². The molecule has 0 unspecified atom stereocenters. The number of benzene rings is 1. The van der Waals surface area contributed by atoms with Crippen molar-refractivity contribution in [1.29, 1.82) is 0 Å². The highest BCUT2D eigenvalue weighted by atomic mass is 19.4. The van der Waals surface area contributed by atoms with E-state index < -0.39 is 29.9 Å². The number of alkyl halides is 4. The van der Waals surface area contributed by atoms with E-state index in [0.29, 0.717) is 36.5 Å². The molecular weight excluding hydrogens is 438 g/mol. The number of rotatable bonds is 5. The van der Waals surface area contributed by atoms with Gasteiger partial charge in [-0.05, 0) is 44.4 Å². The van der Waals surface area contributed by atoms with Crippen molar-refractivity contribution in [2.24, 2.45) is 5.41 Å². The zero-order chi connectivity index (χ0) is 23.5. The molecule has 1 atom stereocenters. The van der Waals surface area contributed by atoms with Crippen LogP contribution in [0.25, 0.3) is 5.78 Å². The first-order valence-corrected chi connectivity index (χ1v) is 10.8. The molecule has 2 aliphatic rings. The number of aryl methyl sites for hydroxylation is 1. The minimum absolute atomic E-state index is 0.205. The number of aromatic nitrogens is 3. The summed E-state index contributed by atoms with van der Waals surface area (Å²) < 4.78 is 54.9. The summed E-state index contributed by atoms with van der Waals surface area (Å²) >= 11 is 0. The standard InChI is InChI=1S/C23H23F4N5O/c1-13-9-28-21-30-19(29-14(2)15-4-3-5-16(8-15)23(25,26)27)17-10-31(11-18(17)32(13)21)20(33)22(12-24)6-7-22/h3-5,8-9,14H,6-7,10-12H2,1-2H3,(H,28,29,30)/t14-/m1/s1. The van der Waals surface area contributed by atoms with E-state index in [9.17, 15) is 22.4 Å². The molecule has 0 saturated heterocycles. The molecule has 1 amide bonds. The number of nitrogens with one attached hydrogen (secondary N) is 1. The first-order valence-electron chi connectivity index (χ1n) is 10.8. The second-order valence-electron chi connectivity index (χ2n) is 8.99. The minimum Gasteiger partial charge on any atom is -0.363 e. The number of hydrogen-bond acceptors (Lipinski definition) is 4. The van der Waals surface area contributed by atoms with Gasteiger partial charge in [0.25, 0.3) is 0 Å². The number of carbonyl (C=O) groups is 1. The third-order valence-electron chi connectivity index (χ3n) is 6.64. The van der Waals surface area contributed by atoms with E-state index in [1.165, 1.54) is 6.07 Å². The van der Waals surface area contributed by atoms with Crippen LogP contribution < -0.4 is 5.32 Å². The van der Waals surface area contributed by atoms with Crippen molar-refractivity contribution < 1.29 is 22.4 Å². The summed E-state index contributed by atoms with van der Waals surface area (Å²) in [5.41, 5.74) is 1.29. The summed E-state index contributed by atoms with van der Waals surface area (Å²) in [5.74, 6) is 0.698. The van der Waals surface area contributed by atoms with Crippen LogP contribution in [0.2, 0.25) is 0 Å². The van der Waals surface area contributed by atoms with Crippen LogP contribution in [-0.2, 0) is 24.1 Å². The Morgan fingerprint density at radius 1 is 1.27 bits per heavy atom. The maximum Gasteiger partial charge on any atom is 0.416 e. The van der Waals surface area contributed by atoms with E-state index in [2.05, 4.69) is 15.3 Å². The van der Waals surface area contributed by atoms with Crippen LogP contribution in [0.1, 0.15) is 53.9 Å². The van der Waals surface area contributed by atoms with E-state index in [0.717, 1.165) is 29.1 Å². The SMILES string of the molecule is Cc1cnc2nc(N[C@H](C)c3cccc(C(F)(F)F)c3)c3c(n12)CN(C(=O)C1(CF)CC1)C3. The maximum absolute atomic E-state index is 13.5. The zero-order valence-electron chi connectivity index (χ0n) is 18.2. The van der Waals surface area contributed by atoms with Gasteiger partial charge in [-0.2, -0.15) is 18.2 Å². The molecule has 6 nitrogen and oxygen atoms in total. The number of nitrogens with zero attached hydrogens (tertiary/aromatic N) is 4. The fourth-order valence-corrected chi connectivity index (χ4v) is 4.46. The Balaban J connectivity index is 1.49. The van der Waals surface area contributed by atoms with Gasteiger partial charge in [-0.15, -0.1) is 0 Å². The lowest BCUT2D eigenvalue weighted by atomic mass is 10.0. The van der Waals surface area contributed by atoms with E-state index >= 15 is 0 Å². The van der Waals surface area contributed by atoms with Crippen LogP contribution in [-0.4, -0.2) is 31.9 Å². The third-order valence-corrected chi connectivity index (χ3v) is 6.64. The molecule has 1 fully saturated rings. The second kappa shape index (κ2) is 7.43. The lowest BCUT2D eigenvalue weighted by molar-refractivity contribution is -0.138. The monoisotopic (exact) mass is 461 g/mol. The molecule has 2 aromatic heterocycles. The highest BCUT2D eigenvalue weighted by molar-refractivity contribution is 5.86. The van der Waals surface area contributed by atoms with Crippen LogP contribution in [0.3, 0.4) is 0 Å². The maximum atomic E-state index is 13.5. The van der Waals surface area contributed by atoms with Crippen LogP contribution >= 0.6 is 0 Å². The quantitative estimate of drug-likeness (QED) is 0.554. The Morgan fingerprint density at radius 2 is 2.03 bits per heavy atom. The lowest BCUT2D eigenvalue weighted by Crippen LogP contribution is -2.34. The lowest BCUT2D eigenvalue weighted by Gasteiger charge is -2.21. The number of halogens is 4. The van der Waals surface area contributed by atoms with Crippen molar-refractivity contribution in [2.45, 2.75) is 52.0 Å². The summed E-state index contributed by atoms with van der Waals surface area (Å²) in [4.78, 5) is 23.6. The third kappa shape index (κ3) is 3.61. The van der Waals surface area contributed by atoms with E-state index in [4.69, 9.17) is 0 Å². The number of imidazole rings is 1. The molecule has 1 aliphatic carbocycles. The number of amides is 1. The normalized spacial score (nSPS) is 17.8. The number of hydrogen-bond donors (Lipinski definition) is 1. The number of fused-ring (bicyclic) bond motifs is 3. The number of carbonyl (C=O) groups excluding carboxylic acids is 1. The molecule has 0 bridgehead atoms. The molecule has 0 spiro atoms. The summed E-state index contributed by atoms with van der Waals surface area (Å²) in [7, 11) is 0. The van der Waals surface area contributed by atoms with Gasteiger partial charge in [0, 0.05) is 17.3 Å². The number of anilines is 1. The summed E-state index contributed by atoms with van der Waals surface area (Å²) in [5, 5.41) is 3.22. The van der Waals surface area contributed by atoms with Crippen molar-refractivity contribution >= 4 is 17.5 Å². The van der Waals surface area contributed by atoms with Gasteiger partial charge < -0.3 is 10.2 Å². The molecule has 1 aromatic carbocycles. The zero-order valence-corrected chi connectivity index (χ0v) is 18.2. The average molecular weight is 461 g/mol. The Kier molecular flexibility index (Phi) is 4.88. The molecule has 1 N–H and O–H groups in total. The average Bonchev–Trinajstić information content (AvgIpc) is 3.32. The van der Waals surface area contributed by atoms with Gasteiger partial charge in [-0.1, -0.05) is 12.1 Å². The second-order valence-corrected chi connectivity index (χ2v) is 8.99. The fraction of sp³-hybridized carbons (Fsp3) is 0.435. The molecule has 174 valence electrons. The molecule has 5 rings (SSSR count). The van der Waals surface area contributed by atoms with Gasteiger partial charge in [0.15, 0.2) is 0 Å². The predicted molar refractivity (Wildman–Crippen MR) is 113 cm³/mol. The molecular formula is C23H23F4N5O. The van der Waals surface area contributed by atoms with E-state index in [1.807, 2.05) is 11.3 Å². The molecule has 33 heavy (non-hydrogen) atoms. The largest absolute Gasteiger partial charge is 0.416 e. The Labute approximate surface area is 187 Å². The molecule has 1 saturated carbocycles. The molecule has 3 aromatic rings. The fourth-order valence-electron chi connectivity index (χ4n) is 4.46. The molecule has 3 heterocycles. The van der Waals surface area contributed by atoms with Crippen LogP contribution in [0.15, 0.2) is 30.5 Å². The summed E-state index contributed by atoms with van der Waals surface area (Å²) in [6.45, 7) is 3.53. The Bertz CT molecular complexity index is 1250. The highest BCUT2D eigenvalue weighted by Gasteiger charge is 2.53. The van der Waals surface area contributed by atoms with Crippen molar-refractivity contribution in [3.8, 4) is 0 Å². The van der Waals surface area contributed by atoms with Crippen LogP contribution in [0.5, 0.6) is 0 Å². The van der Waals surface area contributed by atoms with Gasteiger partial charge >= 0.3 is 6.18 Å². The Morgan fingerprint density at radius 3 is 2.70 bits per heavy atom. The van der Waals surface area contributed by atoms with Gasteiger partial charge in [0.05, 0.1) is 36.0 Å². The predicted octanol–water partition coefficient (Wildman–Crippen LogP) is 4.82. The molecule has 0 radical (unpaired) electrons. The van der Waals surface area contributed by atoms with Crippen molar-refractivity contribution in [1.82, 2.24) is 19.3 Å². The highest BCUT2D eigenvalue weighted by Crippen LogP contribution is 2.49. The van der Waals surface area contributed by atoms with Gasteiger partial charge in [-0.25, -0.2) is 9.37 Å². The van der Waals surface area contributed by atoms with Gasteiger partial charge in [0.2, 0.25) is 11.7 Å². The topological polar surface area (TPSA) is 62.5 Å². The first kappa shape index (κ1) is 21.7. The minimum atomic E-state index is -4.43. The smallest absolute Gasteiger partial charge is 0.363 e. The van der Waals surface area contributed by atoms with Gasteiger partial charge in [-0.3, -0.25) is 9.20 Å². The van der Waals surface area contributed by atoms with E-state index in [1.54, 1.807) is 24.1 Å². The molecule has 1 aliphatic heterocycles. The molecule has 10 heteroatoms. The van der Waals surface area contributed by atoms with E-state index in [-0.39, 0.29) is 12.5 Å². The summed E-state index contributed by atoms with van der Waals surface area (Å²) in [6.07, 6.45) is -1.66. The van der Waals surface area contributed by atoms with Gasteiger partial charge in [0.1, 0.15) is 12.5 Å². The van der Waals surface area contributed by atoms with Crippen molar-refractivity contribution in [3.05, 3.63) is 58.5 Å². The summed E-state index contributed by atoms with van der Waals surface area (Å²) in [6, 6.07) is 4.67.